The van der Waals surface area contributed by atoms with E-state index in [4.69, 9.17) is 4.52 Å². The van der Waals surface area contributed by atoms with Crippen molar-refractivity contribution in [2.75, 3.05) is 0 Å². The van der Waals surface area contributed by atoms with Crippen molar-refractivity contribution in [1.29, 1.82) is 0 Å². The van der Waals surface area contributed by atoms with Crippen molar-refractivity contribution < 1.29 is 9.32 Å². The van der Waals surface area contributed by atoms with Gasteiger partial charge in [0.15, 0.2) is 0 Å². The maximum atomic E-state index is 13.0. The van der Waals surface area contributed by atoms with Crippen LogP contribution in [0.1, 0.15) is 78.2 Å². The van der Waals surface area contributed by atoms with Crippen molar-refractivity contribution in [3.05, 3.63) is 41.0 Å². The van der Waals surface area contributed by atoms with Gasteiger partial charge in [0.2, 0.25) is 0 Å². The average Bonchev–Trinajstić information content (AvgIpc) is 3.61. The summed E-state index contributed by atoms with van der Waals surface area (Å²) in [6, 6.07) is 1.94. The lowest BCUT2D eigenvalue weighted by molar-refractivity contribution is 0.0952. The van der Waals surface area contributed by atoms with Gasteiger partial charge in [-0.2, -0.15) is 5.10 Å². The second-order valence-corrected chi connectivity index (χ2v) is 7.69. The average molecular weight is 365 g/mol. The van der Waals surface area contributed by atoms with Crippen molar-refractivity contribution in [3.8, 4) is 0 Å². The van der Waals surface area contributed by atoms with E-state index >= 15 is 0 Å². The van der Waals surface area contributed by atoms with Gasteiger partial charge in [0.1, 0.15) is 0 Å². The molecule has 5 rings (SSSR count). The maximum Gasteiger partial charge on any atom is 0.259 e. The third-order valence-corrected chi connectivity index (χ3v) is 5.29. The van der Waals surface area contributed by atoms with E-state index in [9.17, 15) is 4.79 Å². The van der Waals surface area contributed by atoms with Gasteiger partial charge in [-0.15, -0.1) is 0 Å². The largest absolute Gasteiger partial charge is 0.348 e. The van der Waals surface area contributed by atoms with E-state index in [-0.39, 0.29) is 5.91 Å². The fourth-order valence-corrected chi connectivity index (χ4v) is 3.52. The lowest BCUT2D eigenvalue weighted by Gasteiger charge is -2.07. The monoisotopic (exact) mass is 365 g/mol. The van der Waals surface area contributed by atoms with E-state index in [2.05, 4.69) is 27.5 Å². The third kappa shape index (κ3) is 3.22. The Labute approximate surface area is 157 Å². The van der Waals surface area contributed by atoms with E-state index < -0.39 is 0 Å². The first-order valence-electron chi connectivity index (χ1n) is 9.82. The molecule has 3 aromatic rings. The number of carbonyl (C=O) groups excluding carboxylic acids is 1. The van der Waals surface area contributed by atoms with Crippen LogP contribution in [0.15, 0.2) is 23.0 Å². The molecule has 1 N–H and O–H groups in total. The Morgan fingerprint density at radius 2 is 2.11 bits per heavy atom. The highest BCUT2D eigenvalue weighted by Crippen LogP contribution is 2.45. The first-order valence-corrected chi connectivity index (χ1v) is 9.82. The molecule has 2 saturated carbocycles. The highest BCUT2D eigenvalue weighted by molar-refractivity contribution is 6.06. The lowest BCUT2D eigenvalue weighted by atomic mass is 10.1. The van der Waals surface area contributed by atoms with E-state index in [0.29, 0.717) is 29.7 Å². The van der Waals surface area contributed by atoms with Crippen molar-refractivity contribution >= 4 is 17.0 Å². The summed E-state index contributed by atoms with van der Waals surface area (Å²) in [5, 5.41) is 12.4. The van der Waals surface area contributed by atoms with Gasteiger partial charge in [0, 0.05) is 42.4 Å². The van der Waals surface area contributed by atoms with Crippen LogP contribution in [-0.4, -0.2) is 25.8 Å². The van der Waals surface area contributed by atoms with Crippen LogP contribution < -0.4 is 5.32 Å². The highest BCUT2D eigenvalue weighted by Gasteiger charge is 2.34. The Balaban J connectivity index is 1.43. The fourth-order valence-electron chi connectivity index (χ4n) is 3.52. The van der Waals surface area contributed by atoms with Crippen LogP contribution >= 0.6 is 0 Å². The van der Waals surface area contributed by atoms with Crippen LogP contribution in [0.3, 0.4) is 0 Å². The summed E-state index contributed by atoms with van der Waals surface area (Å²) < 4.78 is 7.40. The molecule has 7 heteroatoms. The summed E-state index contributed by atoms with van der Waals surface area (Å²) in [6.07, 6.45) is 9.27. The fraction of sp³-hybridized carbons (Fsp3) is 0.500. The molecule has 27 heavy (non-hydrogen) atoms. The van der Waals surface area contributed by atoms with E-state index in [1.54, 1.807) is 0 Å². The minimum absolute atomic E-state index is 0.0994. The molecule has 2 aliphatic carbocycles. The molecule has 0 atom stereocenters. The van der Waals surface area contributed by atoms with Crippen molar-refractivity contribution in [2.24, 2.45) is 0 Å². The molecule has 7 nitrogen and oxygen atoms in total. The van der Waals surface area contributed by atoms with Gasteiger partial charge in [-0.25, -0.2) is 4.98 Å². The standard InChI is InChI=1S/C20H23N5O2/c1-2-7-25-11-12(10-22-25)9-21-19(26)15-8-16(13-3-4-13)23-20-17(15)18(24-27-20)14-5-6-14/h8,10-11,13-14H,2-7,9H2,1H3,(H,21,26). The van der Waals surface area contributed by atoms with Crippen LogP contribution in [0.4, 0.5) is 0 Å². The molecule has 0 radical (unpaired) electrons. The number of aryl methyl sites for hydroxylation is 1. The zero-order valence-corrected chi connectivity index (χ0v) is 15.4. The van der Waals surface area contributed by atoms with E-state index in [1.165, 1.54) is 0 Å². The van der Waals surface area contributed by atoms with Crippen LogP contribution in [-0.2, 0) is 13.1 Å². The quantitative estimate of drug-likeness (QED) is 0.692. The number of amides is 1. The van der Waals surface area contributed by atoms with E-state index in [0.717, 1.165) is 61.0 Å². The molecule has 3 heterocycles. The molecule has 0 bridgehead atoms. The van der Waals surface area contributed by atoms with Crippen molar-refractivity contribution in [2.45, 2.75) is 64.0 Å². The molecule has 1 amide bonds. The number of aromatic nitrogens is 4. The van der Waals surface area contributed by atoms with E-state index in [1.807, 2.05) is 23.1 Å². The summed E-state index contributed by atoms with van der Waals surface area (Å²) >= 11 is 0. The second-order valence-electron chi connectivity index (χ2n) is 7.69. The first-order chi connectivity index (χ1) is 13.2. The number of hydrogen-bond acceptors (Lipinski definition) is 5. The molecule has 3 aromatic heterocycles. The zero-order chi connectivity index (χ0) is 18.4. The van der Waals surface area contributed by atoms with Gasteiger partial charge in [-0.3, -0.25) is 9.48 Å². The van der Waals surface area contributed by atoms with Crippen molar-refractivity contribution in [1.82, 2.24) is 25.2 Å². The minimum atomic E-state index is -0.0994. The minimum Gasteiger partial charge on any atom is -0.348 e. The van der Waals surface area contributed by atoms with Gasteiger partial charge < -0.3 is 9.84 Å². The number of rotatable bonds is 7. The first kappa shape index (κ1) is 16.5. The number of carbonyl (C=O) groups is 1. The number of pyridine rings is 1. The summed E-state index contributed by atoms with van der Waals surface area (Å²) in [4.78, 5) is 17.6. The van der Waals surface area contributed by atoms with Crippen molar-refractivity contribution in [3.63, 3.8) is 0 Å². The van der Waals surface area contributed by atoms with Crippen LogP contribution in [0.5, 0.6) is 0 Å². The molecule has 0 aromatic carbocycles. The third-order valence-electron chi connectivity index (χ3n) is 5.29. The van der Waals surface area contributed by atoms with Crippen LogP contribution in [0.25, 0.3) is 11.1 Å². The number of hydrogen-bond donors (Lipinski definition) is 1. The summed E-state index contributed by atoms with van der Waals surface area (Å²) in [5.41, 5.74) is 3.98. The summed E-state index contributed by atoms with van der Waals surface area (Å²) in [7, 11) is 0. The molecule has 0 aliphatic heterocycles. The second kappa shape index (κ2) is 6.48. The Morgan fingerprint density at radius 3 is 2.85 bits per heavy atom. The molecule has 0 unspecified atom stereocenters. The van der Waals surface area contributed by atoms with Gasteiger partial charge in [-0.1, -0.05) is 12.1 Å². The van der Waals surface area contributed by atoms with Gasteiger partial charge in [-0.05, 0) is 38.2 Å². The van der Waals surface area contributed by atoms with Gasteiger partial charge >= 0.3 is 0 Å². The summed E-state index contributed by atoms with van der Waals surface area (Å²) in [5.74, 6) is 0.749. The van der Waals surface area contributed by atoms with Gasteiger partial charge in [0.25, 0.3) is 11.6 Å². The predicted molar refractivity (Wildman–Crippen MR) is 99.4 cm³/mol. The van der Waals surface area contributed by atoms with Gasteiger partial charge in [0.05, 0.1) is 22.8 Å². The van der Waals surface area contributed by atoms with Crippen LogP contribution in [0.2, 0.25) is 0 Å². The molecule has 2 fully saturated rings. The smallest absolute Gasteiger partial charge is 0.259 e. The Hall–Kier alpha value is -2.70. The summed E-state index contributed by atoms with van der Waals surface area (Å²) in [6.45, 7) is 3.45. The Bertz CT molecular complexity index is 997. The maximum absolute atomic E-state index is 13.0. The normalized spacial score (nSPS) is 16.8. The predicted octanol–water partition coefficient (Wildman–Crippen LogP) is 3.51. The zero-order valence-electron chi connectivity index (χ0n) is 15.4. The van der Waals surface area contributed by atoms with Crippen LogP contribution in [0, 0.1) is 0 Å². The lowest BCUT2D eigenvalue weighted by Crippen LogP contribution is -2.23. The molecule has 0 spiro atoms. The molecular weight excluding hydrogens is 342 g/mol. The molecule has 0 saturated heterocycles. The topological polar surface area (TPSA) is 85.8 Å². The molecule has 140 valence electrons. The Morgan fingerprint density at radius 1 is 1.30 bits per heavy atom. The number of fused-ring (bicyclic) bond motifs is 1. The number of nitrogens with one attached hydrogen (secondary N) is 1. The Kier molecular flexibility index (Phi) is 3.95. The SMILES string of the molecule is CCCn1cc(CNC(=O)c2cc(C3CC3)nc3onc(C4CC4)c23)cn1. The molecular formula is C20H23N5O2. The highest BCUT2D eigenvalue weighted by atomic mass is 16.5. The molecule has 2 aliphatic rings. The number of nitrogens with zero attached hydrogens (tertiary/aromatic N) is 4.